The molecule has 19 heavy (non-hydrogen) atoms. The zero-order valence-corrected chi connectivity index (χ0v) is 9.71. The van der Waals surface area contributed by atoms with E-state index in [-0.39, 0.29) is 17.0 Å². The second kappa shape index (κ2) is 6.43. The van der Waals surface area contributed by atoms with Gasteiger partial charge in [0, 0.05) is 23.8 Å². The summed E-state index contributed by atoms with van der Waals surface area (Å²) >= 11 is 0. The second-order valence-corrected chi connectivity index (χ2v) is 3.21. The number of rotatable bonds is 5. The van der Waals surface area contributed by atoms with Gasteiger partial charge in [0.25, 0.3) is 5.69 Å². The number of esters is 1. The monoisotopic (exact) mass is 273 g/mol. The lowest BCUT2D eigenvalue weighted by Gasteiger charge is -2.07. The van der Waals surface area contributed by atoms with Gasteiger partial charge in [0.2, 0.25) is 0 Å². The van der Waals surface area contributed by atoms with Crippen LogP contribution >= 0.6 is 0 Å². The van der Waals surface area contributed by atoms with Crippen LogP contribution in [-0.4, -0.2) is 24.6 Å². The van der Waals surface area contributed by atoms with Crippen LogP contribution in [0.1, 0.15) is 5.56 Å². The molecule has 102 valence electrons. The van der Waals surface area contributed by atoms with Crippen molar-refractivity contribution in [2.45, 2.75) is 6.61 Å². The van der Waals surface area contributed by atoms with E-state index >= 15 is 0 Å². The fourth-order valence-corrected chi connectivity index (χ4v) is 1.21. The molecule has 0 aliphatic heterocycles. The van der Waals surface area contributed by atoms with E-state index in [1.807, 2.05) is 0 Å². The lowest BCUT2D eigenvalue weighted by Crippen LogP contribution is -2.04. The molecule has 0 atom stereocenters. The summed E-state index contributed by atoms with van der Waals surface area (Å²) in [5.41, 5.74) is -0.342. The molecule has 0 amide bonds. The molecule has 0 saturated heterocycles. The van der Waals surface area contributed by atoms with Crippen LogP contribution < -0.4 is 4.74 Å². The number of nitro groups is 1. The molecule has 0 radical (unpaired) electrons. The molecule has 8 heteroatoms. The summed E-state index contributed by atoms with van der Waals surface area (Å²) in [6, 6.07) is 3.06. The van der Waals surface area contributed by atoms with Gasteiger partial charge in [-0.2, -0.15) is 8.78 Å². The molecular formula is C11H9F2NO5. The number of nitrogens with zero attached hydrogens (tertiary/aromatic N) is 1. The molecule has 0 bridgehead atoms. The van der Waals surface area contributed by atoms with Gasteiger partial charge in [-0.1, -0.05) is 0 Å². The summed E-state index contributed by atoms with van der Waals surface area (Å²) in [6.45, 7) is -3.08. The number of halogens is 2. The van der Waals surface area contributed by atoms with Gasteiger partial charge in [-0.25, -0.2) is 4.79 Å². The number of benzene rings is 1. The molecule has 0 spiro atoms. The molecule has 0 aromatic heterocycles. The topological polar surface area (TPSA) is 78.7 Å². The van der Waals surface area contributed by atoms with Crippen LogP contribution in [-0.2, 0) is 9.53 Å². The maximum atomic E-state index is 12.2. The number of carbonyl (C=O) groups excluding carboxylic acids is 1. The number of carbonyl (C=O) groups is 1. The summed E-state index contributed by atoms with van der Waals surface area (Å²) in [4.78, 5) is 20.8. The third-order valence-electron chi connectivity index (χ3n) is 2.02. The second-order valence-electron chi connectivity index (χ2n) is 3.21. The number of hydrogen-bond donors (Lipinski definition) is 0. The highest BCUT2D eigenvalue weighted by atomic mass is 19.3. The van der Waals surface area contributed by atoms with Crippen molar-refractivity contribution in [2.24, 2.45) is 0 Å². The summed E-state index contributed by atoms with van der Waals surface area (Å²) in [5, 5.41) is 10.6. The van der Waals surface area contributed by atoms with Gasteiger partial charge in [0.05, 0.1) is 12.0 Å². The SMILES string of the molecule is COC(=O)/C=C/c1cc([N+](=O)[O-])ccc1OC(F)F. The first kappa shape index (κ1) is 14.6. The van der Waals surface area contributed by atoms with Crippen LogP contribution in [0.15, 0.2) is 24.3 Å². The Bertz CT molecular complexity index is 516. The average Bonchev–Trinajstić information content (AvgIpc) is 2.36. The maximum absolute atomic E-state index is 12.2. The lowest BCUT2D eigenvalue weighted by atomic mass is 10.1. The van der Waals surface area contributed by atoms with Gasteiger partial charge >= 0.3 is 12.6 Å². The van der Waals surface area contributed by atoms with E-state index in [0.717, 1.165) is 37.5 Å². The highest BCUT2D eigenvalue weighted by Gasteiger charge is 2.13. The number of alkyl halides is 2. The molecule has 1 rings (SSSR count). The fraction of sp³-hybridized carbons (Fsp3) is 0.182. The molecule has 0 fully saturated rings. The zero-order chi connectivity index (χ0) is 14.4. The van der Waals surface area contributed by atoms with Crippen LogP contribution in [0.3, 0.4) is 0 Å². The Morgan fingerprint density at radius 3 is 2.68 bits per heavy atom. The van der Waals surface area contributed by atoms with Crippen LogP contribution in [0.5, 0.6) is 5.75 Å². The normalized spacial score (nSPS) is 10.7. The Hall–Kier alpha value is -2.51. The van der Waals surface area contributed by atoms with Gasteiger partial charge < -0.3 is 9.47 Å². The number of methoxy groups -OCH3 is 1. The first-order valence-corrected chi connectivity index (χ1v) is 4.93. The molecule has 0 aliphatic carbocycles. The highest BCUT2D eigenvalue weighted by molar-refractivity contribution is 5.87. The molecule has 0 aliphatic rings. The first-order valence-electron chi connectivity index (χ1n) is 4.93. The molecule has 6 nitrogen and oxygen atoms in total. The van der Waals surface area contributed by atoms with E-state index in [1.54, 1.807) is 0 Å². The molecule has 0 heterocycles. The molecule has 1 aromatic carbocycles. The standard InChI is InChI=1S/C11H9F2NO5/c1-18-10(15)5-2-7-6-8(14(16)17)3-4-9(7)19-11(12)13/h2-6,11H,1H3/b5-2+. The van der Waals surface area contributed by atoms with Gasteiger partial charge in [-0.3, -0.25) is 10.1 Å². The predicted octanol–water partition coefficient (Wildman–Crippen LogP) is 2.38. The molecule has 1 aromatic rings. The molecule has 0 N–H and O–H groups in total. The van der Waals surface area contributed by atoms with Gasteiger partial charge in [0.15, 0.2) is 0 Å². The van der Waals surface area contributed by atoms with Gasteiger partial charge in [0.1, 0.15) is 5.75 Å². The number of non-ortho nitro benzene ring substituents is 1. The maximum Gasteiger partial charge on any atom is 0.387 e. The van der Waals surface area contributed by atoms with Crippen LogP contribution in [0, 0.1) is 10.1 Å². The van der Waals surface area contributed by atoms with Crippen LogP contribution in [0.4, 0.5) is 14.5 Å². The van der Waals surface area contributed by atoms with Crippen LogP contribution in [0.25, 0.3) is 6.08 Å². The van der Waals surface area contributed by atoms with Gasteiger partial charge in [-0.05, 0) is 12.1 Å². The minimum absolute atomic E-state index is 0.0279. The van der Waals surface area contributed by atoms with E-state index in [2.05, 4.69) is 9.47 Å². The van der Waals surface area contributed by atoms with E-state index in [0.29, 0.717) is 0 Å². The van der Waals surface area contributed by atoms with Crippen molar-refractivity contribution < 1.29 is 28.0 Å². The van der Waals surface area contributed by atoms with Crippen molar-refractivity contribution in [3.05, 3.63) is 40.0 Å². The Morgan fingerprint density at radius 1 is 1.47 bits per heavy atom. The Kier molecular flexibility index (Phi) is 4.92. The minimum Gasteiger partial charge on any atom is -0.466 e. The average molecular weight is 273 g/mol. The Balaban J connectivity index is 3.13. The van der Waals surface area contributed by atoms with Crippen molar-refractivity contribution in [1.29, 1.82) is 0 Å². The molecule has 0 saturated carbocycles. The lowest BCUT2D eigenvalue weighted by molar-refractivity contribution is -0.384. The van der Waals surface area contributed by atoms with Crippen molar-refractivity contribution in [2.75, 3.05) is 7.11 Å². The van der Waals surface area contributed by atoms with Crippen molar-refractivity contribution >= 4 is 17.7 Å². The van der Waals surface area contributed by atoms with E-state index in [9.17, 15) is 23.7 Å². The van der Waals surface area contributed by atoms with Gasteiger partial charge in [-0.15, -0.1) is 0 Å². The third kappa shape index (κ3) is 4.34. The Morgan fingerprint density at radius 2 is 2.16 bits per heavy atom. The largest absolute Gasteiger partial charge is 0.466 e. The summed E-state index contributed by atoms with van der Waals surface area (Å²) in [5.74, 6) is -1.00. The van der Waals surface area contributed by atoms with Crippen molar-refractivity contribution in [1.82, 2.24) is 0 Å². The predicted molar refractivity (Wildman–Crippen MR) is 60.8 cm³/mol. The highest BCUT2D eigenvalue weighted by Crippen LogP contribution is 2.26. The number of hydrogen-bond acceptors (Lipinski definition) is 5. The first-order chi connectivity index (χ1) is 8.93. The number of nitro benzene ring substituents is 1. The van der Waals surface area contributed by atoms with E-state index in [1.165, 1.54) is 0 Å². The van der Waals surface area contributed by atoms with E-state index in [4.69, 9.17) is 0 Å². The third-order valence-corrected chi connectivity index (χ3v) is 2.02. The molecular weight excluding hydrogens is 264 g/mol. The summed E-state index contributed by atoms with van der Waals surface area (Å²) < 4.78 is 32.8. The number of ether oxygens (including phenoxy) is 2. The quantitative estimate of drug-likeness (QED) is 0.356. The smallest absolute Gasteiger partial charge is 0.387 e. The summed E-state index contributed by atoms with van der Waals surface area (Å²) in [6.07, 6.45) is 2.04. The zero-order valence-electron chi connectivity index (χ0n) is 9.71. The summed E-state index contributed by atoms with van der Waals surface area (Å²) in [7, 11) is 1.14. The molecule has 0 unspecified atom stereocenters. The van der Waals surface area contributed by atoms with Crippen molar-refractivity contribution in [3.63, 3.8) is 0 Å². The van der Waals surface area contributed by atoms with Crippen LogP contribution in [0.2, 0.25) is 0 Å². The Labute approximate surface area is 106 Å². The van der Waals surface area contributed by atoms with E-state index < -0.39 is 17.5 Å². The fourth-order valence-electron chi connectivity index (χ4n) is 1.21. The minimum atomic E-state index is -3.08. The van der Waals surface area contributed by atoms with Crippen molar-refractivity contribution in [3.8, 4) is 5.75 Å².